The minimum absolute atomic E-state index is 0.145. The quantitative estimate of drug-likeness (QED) is 0.655. The van der Waals surface area contributed by atoms with Gasteiger partial charge >= 0.3 is 6.09 Å². The van der Waals surface area contributed by atoms with Crippen LogP contribution in [-0.2, 0) is 33.5 Å². The first kappa shape index (κ1) is 22.5. The maximum absolute atomic E-state index is 12.8. The number of morpholine rings is 1. The molecule has 1 saturated heterocycles. The normalized spacial score (nSPS) is 19.0. The van der Waals surface area contributed by atoms with E-state index in [0.717, 1.165) is 20.9 Å². The molecule has 0 saturated carbocycles. The van der Waals surface area contributed by atoms with Gasteiger partial charge in [-0.15, -0.1) is 11.3 Å². The van der Waals surface area contributed by atoms with E-state index in [1.54, 1.807) is 4.90 Å². The molecule has 6 nitrogen and oxygen atoms in total. The van der Waals surface area contributed by atoms with Crippen LogP contribution in [0.5, 0.6) is 0 Å². The summed E-state index contributed by atoms with van der Waals surface area (Å²) >= 11 is 1.54. The number of hydrogen-bond acceptors (Lipinski definition) is 6. The van der Waals surface area contributed by atoms with Crippen LogP contribution in [0.25, 0.3) is 0 Å². The van der Waals surface area contributed by atoms with Crippen LogP contribution in [0.15, 0.2) is 30.3 Å². The average molecular weight is 453 g/mol. The number of Topliss-reactive ketones (excluding diaryl/α,β-unsaturated/α-hetero) is 1. The molecule has 32 heavy (non-hydrogen) atoms. The van der Waals surface area contributed by atoms with Crippen molar-refractivity contribution in [3.63, 3.8) is 0 Å². The highest BCUT2D eigenvalue weighted by Gasteiger charge is 2.30. The molecule has 1 aromatic heterocycles. The van der Waals surface area contributed by atoms with Gasteiger partial charge in [0.15, 0.2) is 0 Å². The Balaban J connectivity index is 1.39. The van der Waals surface area contributed by atoms with Crippen LogP contribution in [0.3, 0.4) is 0 Å². The molecule has 0 N–H and O–H groups in total. The molecule has 1 aliphatic heterocycles. The lowest BCUT2D eigenvalue weighted by Gasteiger charge is -2.29. The van der Waals surface area contributed by atoms with Gasteiger partial charge in [0, 0.05) is 42.1 Å². The molecule has 1 amide bonds. The van der Waals surface area contributed by atoms with E-state index < -0.39 is 0 Å². The first-order valence-corrected chi connectivity index (χ1v) is 12.0. The van der Waals surface area contributed by atoms with Crippen molar-refractivity contribution in [1.29, 1.82) is 5.26 Å². The zero-order valence-corrected chi connectivity index (χ0v) is 19.2. The van der Waals surface area contributed by atoms with Crippen LogP contribution in [0.4, 0.5) is 4.79 Å². The second-order valence-electron chi connectivity index (χ2n) is 8.49. The van der Waals surface area contributed by atoms with E-state index in [9.17, 15) is 14.9 Å². The Kier molecular flexibility index (Phi) is 7.23. The van der Waals surface area contributed by atoms with Gasteiger partial charge in [-0.1, -0.05) is 37.3 Å². The minimum Gasteiger partial charge on any atom is -0.446 e. The largest absolute Gasteiger partial charge is 0.446 e. The molecule has 4 rings (SSSR count). The third-order valence-corrected chi connectivity index (χ3v) is 7.46. The van der Waals surface area contributed by atoms with Gasteiger partial charge in [-0.25, -0.2) is 4.79 Å². The topological polar surface area (TPSA) is 79.6 Å². The van der Waals surface area contributed by atoms with Crippen LogP contribution >= 0.6 is 11.3 Å². The lowest BCUT2D eigenvalue weighted by atomic mass is 9.91. The summed E-state index contributed by atoms with van der Waals surface area (Å²) in [5, 5.41) is 9.76. The molecule has 1 aliphatic carbocycles. The molecule has 2 aromatic rings. The molecule has 2 aliphatic rings. The lowest BCUT2D eigenvalue weighted by molar-refractivity contribution is -0.118. The van der Waals surface area contributed by atoms with Crippen molar-refractivity contribution in [2.24, 2.45) is 0 Å². The molecule has 0 bridgehead atoms. The van der Waals surface area contributed by atoms with Crippen molar-refractivity contribution in [1.82, 2.24) is 4.90 Å². The highest BCUT2D eigenvalue weighted by atomic mass is 32.1. The second-order valence-corrected chi connectivity index (χ2v) is 9.68. The van der Waals surface area contributed by atoms with Gasteiger partial charge in [0.2, 0.25) is 0 Å². The van der Waals surface area contributed by atoms with Crippen molar-refractivity contribution in [3.05, 3.63) is 56.8 Å². The number of thiophene rings is 1. The number of amides is 1. The smallest absolute Gasteiger partial charge is 0.410 e. The summed E-state index contributed by atoms with van der Waals surface area (Å²) in [7, 11) is 0. The number of ether oxygens (including phenoxy) is 2. The number of carbonyl (C=O) groups is 2. The predicted octanol–water partition coefficient (Wildman–Crippen LogP) is 4.25. The summed E-state index contributed by atoms with van der Waals surface area (Å²) in [5.74, 6) is 0.291. The summed E-state index contributed by atoms with van der Waals surface area (Å²) in [6.07, 6.45) is 2.28. The summed E-state index contributed by atoms with van der Waals surface area (Å²) in [5.41, 5.74) is 2.84. The molecule has 7 heteroatoms. The van der Waals surface area contributed by atoms with Gasteiger partial charge in [-0.05, 0) is 29.9 Å². The highest BCUT2D eigenvalue weighted by molar-refractivity contribution is 7.12. The lowest BCUT2D eigenvalue weighted by Crippen LogP contribution is -2.42. The van der Waals surface area contributed by atoms with Crippen molar-refractivity contribution in [3.8, 4) is 6.07 Å². The summed E-state index contributed by atoms with van der Waals surface area (Å²) in [4.78, 5) is 28.8. The molecular weight excluding hydrogens is 424 g/mol. The average Bonchev–Trinajstić information content (AvgIpc) is 3.16. The van der Waals surface area contributed by atoms with Gasteiger partial charge in [-0.3, -0.25) is 4.79 Å². The third kappa shape index (κ3) is 5.20. The van der Waals surface area contributed by atoms with Crippen LogP contribution in [0, 0.1) is 11.3 Å². The second kappa shape index (κ2) is 10.3. The Labute approximate surface area is 192 Å². The van der Waals surface area contributed by atoms with Gasteiger partial charge in [0.05, 0.1) is 18.8 Å². The number of nitrogens with zero attached hydrogens (tertiary/aromatic N) is 2. The van der Waals surface area contributed by atoms with E-state index in [-0.39, 0.29) is 30.3 Å². The van der Waals surface area contributed by atoms with Gasteiger partial charge < -0.3 is 14.4 Å². The molecule has 1 aromatic carbocycles. The fourth-order valence-corrected chi connectivity index (χ4v) is 5.82. The van der Waals surface area contributed by atoms with Crippen molar-refractivity contribution < 1.29 is 19.1 Å². The Bertz CT molecular complexity index is 1000. The van der Waals surface area contributed by atoms with E-state index >= 15 is 0 Å². The van der Waals surface area contributed by atoms with Gasteiger partial charge in [-0.2, -0.15) is 5.26 Å². The number of fused-ring (bicyclic) bond motifs is 1. The summed E-state index contributed by atoms with van der Waals surface area (Å²) in [6, 6.07) is 12.4. The number of benzene rings is 1. The van der Waals surface area contributed by atoms with Crippen LogP contribution in [0.2, 0.25) is 0 Å². The Hall–Kier alpha value is -2.69. The van der Waals surface area contributed by atoms with Crippen molar-refractivity contribution in [2.45, 2.75) is 51.0 Å². The van der Waals surface area contributed by atoms with Gasteiger partial charge in [0.25, 0.3) is 0 Å². The maximum atomic E-state index is 12.8. The highest BCUT2D eigenvalue weighted by Crippen LogP contribution is 2.36. The van der Waals surface area contributed by atoms with Crippen molar-refractivity contribution in [2.75, 3.05) is 26.3 Å². The molecule has 168 valence electrons. The van der Waals surface area contributed by atoms with E-state index in [2.05, 4.69) is 13.0 Å². The van der Waals surface area contributed by atoms with E-state index in [1.165, 1.54) is 11.3 Å². The number of carbonyl (C=O) groups excluding carboxylic acids is 2. The zero-order chi connectivity index (χ0) is 22.5. The number of rotatable bonds is 6. The Morgan fingerprint density at radius 2 is 2.03 bits per heavy atom. The SMILES string of the molecule is CC(CC(=O)Cc1sc2c(c1C#N)CCC(OC(=O)N1CCOCC1)C2)c1ccccc1. The van der Waals surface area contributed by atoms with Crippen LogP contribution in [-0.4, -0.2) is 49.2 Å². The standard InChI is InChI=1S/C25H28N2O4S/c1-17(18-5-3-2-4-6-18)13-19(28)14-23-22(16-26)21-8-7-20(15-24(21)32-23)31-25(29)27-9-11-30-12-10-27/h2-6,17,20H,7-15H2,1H3. The van der Waals surface area contributed by atoms with E-state index in [4.69, 9.17) is 9.47 Å². The fraction of sp³-hybridized carbons (Fsp3) is 0.480. The molecule has 2 unspecified atom stereocenters. The number of hydrogen-bond donors (Lipinski definition) is 0. The Morgan fingerprint density at radius 3 is 2.75 bits per heavy atom. The van der Waals surface area contributed by atoms with Gasteiger partial charge in [0.1, 0.15) is 18.0 Å². The first-order valence-electron chi connectivity index (χ1n) is 11.2. The monoisotopic (exact) mass is 452 g/mol. The van der Waals surface area contributed by atoms with E-state index in [0.29, 0.717) is 57.6 Å². The van der Waals surface area contributed by atoms with Crippen LogP contribution in [0.1, 0.15) is 52.1 Å². The minimum atomic E-state index is -0.288. The predicted molar refractivity (Wildman–Crippen MR) is 122 cm³/mol. The molecule has 0 radical (unpaired) electrons. The Morgan fingerprint density at radius 1 is 1.28 bits per heavy atom. The van der Waals surface area contributed by atoms with Crippen LogP contribution < -0.4 is 0 Å². The van der Waals surface area contributed by atoms with E-state index in [1.807, 2.05) is 30.3 Å². The maximum Gasteiger partial charge on any atom is 0.410 e. The number of ketones is 1. The molecule has 0 spiro atoms. The molecule has 2 heterocycles. The molecule has 1 fully saturated rings. The van der Waals surface area contributed by atoms with Crippen molar-refractivity contribution >= 4 is 23.2 Å². The molecular formula is C25H28N2O4S. The third-order valence-electron chi connectivity index (χ3n) is 6.20. The first-order chi connectivity index (χ1) is 15.5. The summed E-state index contributed by atoms with van der Waals surface area (Å²) < 4.78 is 11.0. The molecule has 2 atom stereocenters. The zero-order valence-electron chi connectivity index (χ0n) is 18.3. The summed E-state index contributed by atoms with van der Waals surface area (Å²) in [6.45, 7) is 4.26. The number of nitriles is 1. The fourth-order valence-electron chi connectivity index (χ4n) is 4.42.